The SMILES string of the molecule is CNC(=O)c1cc(NC(=O)CCSCc2nc3sc4c(c3c(=O)[nH]2)CCCC4)ccc1Cl. The van der Waals surface area contributed by atoms with E-state index in [4.69, 9.17) is 11.6 Å². The second-order valence-corrected chi connectivity index (χ2v) is 10.1. The van der Waals surface area contributed by atoms with Gasteiger partial charge in [0.05, 0.1) is 21.7 Å². The summed E-state index contributed by atoms with van der Waals surface area (Å²) in [5, 5.41) is 6.39. The first-order valence-corrected chi connectivity index (χ1v) is 12.7. The number of thioether (sulfide) groups is 1. The number of amides is 2. The van der Waals surface area contributed by atoms with Crippen molar-refractivity contribution in [2.45, 2.75) is 37.9 Å². The Morgan fingerprint density at radius 3 is 2.91 bits per heavy atom. The van der Waals surface area contributed by atoms with E-state index < -0.39 is 0 Å². The molecule has 0 fully saturated rings. The quantitative estimate of drug-likeness (QED) is 0.432. The minimum Gasteiger partial charge on any atom is -0.355 e. The normalized spacial score (nSPS) is 13.1. The molecule has 1 aliphatic carbocycles. The molecule has 2 amide bonds. The zero-order chi connectivity index (χ0) is 22.7. The van der Waals surface area contributed by atoms with Crippen molar-refractivity contribution in [2.24, 2.45) is 0 Å². The minimum atomic E-state index is -0.313. The largest absolute Gasteiger partial charge is 0.355 e. The fraction of sp³-hybridized carbons (Fsp3) is 0.364. The van der Waals surface area contributed by atoms with Gasteiger partial charge in [0.15, 0.2) is 0 Å². The second-order valence-electron chi connectivity index (χ2n) is 7.53. The van der Waals surface area contributed by atoms with Crippen LogP contribution in [-0.2, 0) is 23.4 Å². The van der Waals surface area contributed by atoms with Crippen LogP contribution in [0.4, 0.5) is 5.69 Å². The summed E-state index contributed by atoms with van der Waals surface area (Å²) in [4.78, 5) is 46.4. The highest BCUT2D eigenvalue weighted by molar-refractivity contribution is 7.98. The molecule has 32 heavy (non-hydrogen) atoms. The predicted molar refractivity (Wildman–Crippen MR) is 131 cm³/mol. The number of aromatic amines is 1. The fourth-order valence-electron chi connectivity index (χ4n) is 3.75. The maximum atomic E-state index is 12.6. The Hall–Kier alpha value is -2.36. The predicted octanol–water partition coefficient (Wildman–Crippen LogP) is 4.14. The maximum absolute atomic E-state index is 12.6. The first-order valence-electron chi connectivity index (χ1n) is 10.4. The third-order valence-corrected chi connectivity index (χ3v) is 7.79. The number of benzene rings is 1. The number of anilines is 1. The molecule has 0 atom stereocenters. The van der Waals surface area contributed by atoms with Crippen LogP contribution in [0.1, 0.15) is 45.9 Å². The molecule has 2 heterocycles. The van der Waals surface area contributed by atoms with Gasteiger partial charge in [-0.3, -0.25) is 14.4 Å². The smallest absolute Gasteiger partial charge is 0.259 e. The topological polar surface area (TPSA) is 104 Å². The number of hydrogen-bond acceptors (Lipinski definition) is 6. The molecule has 0 saturated carbocycles. The Bertz CT molecular complexity index is 1240. The Balaban J connectivity index is 1.32. The lowest BCUT2D eigenvalue weighted by Crippen LogP contribution is -2.19. The average Bonchev–Trinajstić information content (AvgIpc) is 3.16. The van der Waals surface area contributed by atoms with E-state index in [1.165, 1.54) is 35.7 Å². The summed E-state index contributed by atoms with van der Waals surface area (Å²) < 4.78 is 0. The maximum Gasteiger partial charge on any atom is 0.259 e. The molecule has 4 rings (SSSR count). The van der Waals surface area contributed by atoms with Gasteiger partial charge < -0.3 is 15.6 Å². The summed E-state index contributed by atoms with van der Waals surface area (Å²) in [6.45, 7) is 0. The number of carbonyl (C=O) groups excluding carboxylic acids is 2. The summed E-state index contributed by atoms with van der Waals surface area (Å²) in [5.74, 6) is 1.27. The van der Waals surface area contributed by atoms with Crippen LogP contribution in [0.2, 0.25) is 5.02 Å². The van der Waals surface area contributed by atoms with Crippen molar-refractivity contribution >= 4 is 62.4 Å². The molecular weight excluding hydrogens is 468 g/mol. The van der Waals surface area contributed by atoms with Crippen molar-refractivity contribution in [1.29, 1.82) is 0 Å². The summed E-state index contributed by atoms with van der Waals surface area (Å²) in [6.07, 6.45) is 4.59. The Morgan fingerprint density at radius 2 is 2.09 bits per heavy atom. The zero-order valence-corrected chi connectivity index (χ0v) is 19.9. The van der Waals surface area contributed by atoms with Gasteiger partial charge in [-0.15, -0.1) is 11.3 Å². The highest BCUT2D eigenvalue weighted by Crippen LogP contribution is 2.33. The minimum absolute atomic E-state index is 0.0580. The number of carbonyl (C=O) groups is 2. The van der Waals surface area contributed by atoms with Crippen LogP contribution >= 0.6 is 34.7 Å². The number of aryl methyl sites for hydroxylation is 2. The van der Waals surface area contributed by atoms with Crippen molar-refractivity contribution in [3.63, 3.8) is 0 Å². The fourth-order valence-corrected chi connectivity index (χ4v) is 6.03. The van der Waals surface area contributed by atoms with Gasteiger partial charge in [0, 0.05) is 29.8 Å². The molecule has 7 nitrogen and oxygen atoms in total. The lowest BCUT2D eigenvalue weighted by molar-refractivity contribution is -0.115. The molecule has 3 N–H and O–H groups in total. The summed E-state index contributed by atoms with van der Waals surface area (Å²) >= 11 is 9.21. The first-order chi connectivity index (χ1) is 15.5. The van der Waals surface area contributed by atoms with E-state index in [-0.39, 0.29) is 17.4 Å². The van der Waals surface area contributed by atoms with E-state index in [2.05, 4.69) is 20.6 Å². The molecule has 10 heteroatoms. The lowest BCUT2D eigenvalue weighted by atomic mass is 9.97. The van der Waals surface area contributed by atoms with Gasteiger partial charge >= 0.3 is 0 Å². The number of halogens is 1. The summed E-state index contributed by atoms with van der Waals surface area (Å²) in [7, 11) is 1.52. The van der Waals surface area contributed by atoms with Crippen molar-refractivity contribution < 1.29 is 9.59 Å². The molecule has 3 aromatic rings. The van der Waals surface area contributed by atoms with Crippen molar-refractivity contribution in [3.8, 4) is 0 Å². The van der Waals surface area contributed by atoms with Gasteiger partial charge in [-0.2, -0.15) is 11.8 Å². The van der Waals surface area contributed by atoms with Gasteiger partial charge in [0.25, 0.3) is 11.5 Å². The number of fused-ring (bicyclic) bond motifs is 3. The van der Waals surface area contributed by atoms with E-state index >= 15 is 0 Å². The summed E-state index contributed by atoms with van der Waals surface area (Å²) in [6, 6.07) is 4.79. The van der Waals surface area contributed by atoms with Crippen LogP contribution in [0.5, 0.6) is 0 Å². The molecule has 0 aliphatic heterocycles. The number of H-pyrrole nitrogens is 1. The third-order valence-electron chi connectivity index (χ3n) is 5.31. The first kappa shape index (κ1) is 22.8. The Morgan fingerprint density at radius 1 is 1.28 bits per heavy atom. The molecule has 0 unspecified atom stereocenters. The number of rotatable bonds is 7. The molecule has 1 aliphatic rings. The van der Waals surface area contributed by atoms with E-state index in [0.29, 0.717) is 40.0 Å². The van der Waals surface area contributed by atoms with Crippen molar-refractivity contribution in [3.05, 3.63) is 55.4 Å². The highest BCUT2D eigenvalue weighted by atomic mass is 35.5. The van der Waals surface area contributed by atoms with Crippen LogP contribution in [0, 0.1) is 0 Å². The Labute approximate surface area is 198 Å². The number of nitrogens with zero attached hydrogens (tertiary/aromatic N) is 1. The molecule has 168 valence electrons. The van der Waals surface area contributed by atoms with E-state index in [9.17, 15) is 14.4 Å². The van der Waals surface area contributed by atoms with Gasteiger partial charge in [0.1, 0.15) is 10.7 Å². The van der Waals surface area contributed by atoms with Crippen LogP contribution in [-0.4, -0.2) is 34.6 Å². The molecule has 2 aromatic heterocycles. The average molecular weight is 491 g/mol. The van der Waals surface area contributed by atoms with Crippen molar-refractivity contribution in [2.75, 3.05) is 18.1 Å². The van der Waals surface area contributed by atoms with Gasteiger partial charge in [0.2, 0.25) is 5.91 Å². The molecule has 0 bridgehead atoms. The summed E-state index contributed by atoms with van der Waals surface area (Å²) in [5.41, 5.74) is 1.95. The number of aromatic nitrogens is 2. The zero-order valence-electron chi connectivity index (χ0n) is 17.5. The number of thiophene rings is 1. The number of hydrogen-bond donors (Lipinski definition) is 3. The highest BCUT2D eigenvalue weighted by Gasteiger charge is 2.19. The Kier molecular flexibility index (Phi) is 7.17. The van der Waals surface area contributed by atoms with Crippen LogP contribution in [0.15, 0.2) is 23.0 Å². The molecule has 0 radical (unpaired) electrons. The molecular formula is C22H23ClN4O3S2. The van der Waals surface area contributed by atoms with Crippen LogP contribution < -0.4 is 16.2 Å². The second kappa shape index (κ2) is 10.1. The van der Waals surface area contributed by atoms with Crippen LogP contribution in [0.25, 0.3) is 10.2 Å². The standard InChI is InChI=1S/C22H23ClN4O3S2/c1-24-20(29)14-10-12(6-7-15(14)23)25-18(28)8-9-31-11-17-26-21(30)19-13-4-2-3-5-16(13)32-22(19)27-17/h6-7,10H,2-5,8-9,11H2,1H3,(H,24,29)(H,25,28)(H,26,27,30). The van der Waals surface area contributed by atoms with Gasteiger partial charge in [-0.1, -0.05) is 11.6 Å². The van der Waals surface area contributed by atoms with Crippen molar-refractivity contribution in [1.82, 2.24) is 15.3 Å². The van der Waals surface area contributed by atoms with E-state index in [1.54, 1.807) is 29.5 Å². The number of nitrogens with one attached hydrogen (secondary N) is 3. The van der Waals surface area contributed by atoms with Gasteiger partial charge in [-0.25, -0.2) is 4.98 Å². The van der Waals surface area contributed by atoms with E-state index in [1.807, 2.05) is 0 Å². The van der Waals surface area contributed by atoms with Gasteiger partial charge in [-0.05, 0) is 49.4 Å². The molecule has 0 saturated heterocycles. The molecule has 0 spiro atoms. The van der Waals surface area contributed by atoms with Crippen LogP contribution in [0.3, 0.4) is 0 Å². The lowest BCUT2D eigenvalue weighted by Gasteiger charge is -2.09. The molecule has 1 aromatic carbocycles. The van der Waals surface area contributed by atoms with E-state index in [0.717, 1.165) is 29.5 Å². The monoisotopic (exact) mass is 490 g/mol. The third kappa shape index (κ3) is 5.00.